The maximum absolute atomic E-state index is 11.8. The first-order valence-corrected chi connectivity index (χ1v) is 7.01. The fourth-order valence-corrected chi connectivity index (χ4v) is 2.37. The maximum atomic E-state index is 11.8. The smallest absolute Gasteiger partial charge is 0.224 e. The molecule has 2 rings (SSSR count). The van der Waals surface area contributed by atoms with Gasteiger partial charge in [-0.1, -0.05) is 35.4 Å². The zero-order chi connectivity index (χ0) is 13.5. The molecule has 0 aromatic heterocycles. The molecule has 0 aliphatic carbocycles. The SMILES string of the molecule is O=C(Cc1cccc(Cl)c1)NCCC1=CCNCC1. The summed E-state index contributed by atoms with van der Waals surface area (Å²) in [5, 5.41) is 6.90. The van der Waals surface area contributed by atoms with Crippen LogP contribution in [0.15, 0.2) is 35.9 Å². The van der Waals surface area contributed by atoms with E-state index in [1.54, 1.807) is 0 Å². The van der Waals surface area contributed by atoms with Crippen LogP contribution in [0.25, 0.3) is 0 Å². The number of rotatable bonds is 5. The molecule has 1 amide bonds. The monoisotopic (exact) mass is 278 g/mol. The van der Waals surface area contributed by atoms with Gasteiger partial charge in [-0.25, -0.2) is 0 Å². The Morgan fingerprint density at radius 2 is 2.32 bits per heavy atom. The quantitative estimate of drug-likeness (QED) is 0.812. The highest BCUT2D eigenvalue weighted by Crippen LogP contribution is 2.11. The van der Waals surface area contributed by atoms with Crippen molar-refractivity contribution < 1.29 is 4.79 Å². The summed E-state index contributed by atoms with van der Waals surface area (Å²) in [6.07, 6.45) is 4.64. The second kappa shape index (κ2) is 7.31. The van der Waals surface area contributed by atoms with E-state index in [-0.39, 0.29) is 5.91 Å². The van der Waals surface area contributed by atoms with Gasteiger partial charge in [0.15, 0.2) is 0 Å². The van der Waals surface area contributed by atoms with Gasteiger partial charge in [-0.2, -0.15) is 0 Å². The lowest BCUT2D eigenvalue weighted by Crippen LogP contribution is -2.27. The molecule has 1 aromatic rings. The van der Waals surface area contributed by atoms with Crippen LogP contribution < -0.4 is 10.6 Å². The van der Waals surface area contributed by atoms with E-state index >= 15 is 0 Å². The van der Waals surface area contributed by atoms with Crippen LogP contribution in [0.1, 0.15) is 18.4 Å². The van der Waals surface area contributed by atoms with Gasteiger partial charge in [0.1, 0.15) is 0 Å². The van der Waals surface area contributed by atoms with Gasteiger partial charge in [0.2, 0.25) is 5.91 Å². The number of carbonyl (C=O) groups excluding carboxylic acids is 1. The number of amides is 1. The Labute approximate surface area is 119 Å². The zero-order valence-corrected chi connectivity index (χ0v) is 11.7. The number of benzene rings is 1. The van der Waals surface area contributed by atoms with Crippen LogP contribution in [0, 0.1) is 0 Å². The van der Waals surface area contributed by atoms with Gasteiger partial charge in [-0.3, -0.25) is 4.79 Å². The second-order valence-corrected chi connectivity index (χ2v) is 5.16. The number of carbonyl (C=O) groups is 1. The van der Waals surface area contributed by atoms with Crippen molar-refractivity contribution in [2.75, 3.05) is 19.6 Å². The Hall–Kier alpha value is -1.32. The molecule has 19 heavy (non-hydrogen) atoms. The van der Waals surface area contributed by atoms with Crippen molar-refractivity contribution in [2.24, 2.45) is 0 Å². The van der Waals surface area contributed by atoms with Crippen LogP contribution in [0.3, 0.4) is 0 Å². The highest BCUT2D eigenvalue weighted by atomic mass is 35.5. The van der Waals surface area contributed by atoms with Crippen molar-refractivity contribution in [1.29, 1.82) is 0 Å². The third kappa shape index (κ3) is 5.05. The highest BCUT2D eigenvalue weighted by Gasteiger charge is 2.05. The van der Waals surface area contributed by atoms with Gasteiger partial charge in [0.05, 0.1) is 6.42 Å². The molecule has 0 fully saturated rings. The van der Waals surface area contributed by atoms with E-state index in [1.807, 2.05) is 24.3 Å². The number of halogens is 1. The number of nitrogens with one attached hydrogen (secondary N) is 2. The Morgan fingerprint density at radius 1 is 1.42 bits per heavy atom. The lowest BCUT2D eigenvalue weighted by molar-refractivity contribution is -0.120. The van der Waals surface area contributed by atoms with Gasteiger partial charge >= 0.3 is 0 Å². The van der Waals surface area contributed by atoms with Crippen LogP contribution in [-0.4, -0.2) is 25.5 Å². The molecule has 102 valence electrons. The Morgan fingerprint density at radius 3 is 3.05 bits per heavy atom. The topological polar surface area (TPSA) is 41.1 Å². The Kier molecular flexibility index (Phi) is 5.43. The predicted molar refractivity (Wildman–Crippen MR) is 78.4 cm³/mol. The third-order valence-corrected chi connectivity index (χ3v) is 3.42. The summed E-state index contributed by atoms with van der Waals surface area (Å²) in [4.78, 5) is 11.8. The molecule has 1 aliphatic heterocycles. The lowest BCUT2D eigenvalue weighted by Gasteiger charge is -2.14. The molecule has 0 spiro atoms. The molecule has 3 nitrogen and oxygen atoms in total. The van der Waals surface area contributed by atoms with Gasteiger partial charge in [0.25, 0.3) is 0 Å². The fraction of sp³-hybridized carbons (Fsp3) is 0.400. The van der Waals surface area contributed by atoms with Crippen molar-refractivity contribution in [2.45, 2.75) is 19.3 Å². The van der Waals surface area contributed by atoms with Crippen LogP contribution in [0.2, 0.25) is 5.02 Å². The van der Waals surface area contributed by atoms with E-state index < -0.39 is 0 Å². The average Bonchev–Trinajstić information content (AvgIpc) is 2.40. The summed E-state index contributed by atoms with van der Waals surface area (Å²) >= 11 is 5.89. The van der Waals surface area contributed by atoms with Crippen LogP contribution in [-0.2, 0) is 11.2 Å². The minimum Gasteiger partial charge on any atom is -0.355 e. The molecule has 0 radical (unpaired) electrons. The molecule has 1 aliphatic rings. The summed E-state index contributed by atoms with van der Waals surface area (Å²) in [5.41, 5.74) is 2.38. The van der Waals surface area contributed by atoms with Gasteiger partial charge in [0, 0.05) is 18.1 Å². The van der Waals surface area contributed by atoms with E-state index in [2.05, 4.69) is 16.7 Å². The first-order valence-electron chi connectivity index (χ1n) is 6.64. The minimum atomic E-state index is 0.0526. The Balaban J connectivity index is 1.71. The van der Waals surface area contributed by atoms with E-state index in [4.69, 9.17) is 11.6 Å². The number of hydrogen-bond donors (Lipinski definition) is 2. The van der Waals surface area contributed by atoms with E-state index in [0.717, 1.165) is 31.5 Å². The molecule has 0 saturated heterocycles. The largest absolute Gasteiger partial charge is 0.355 e. The fourth-order valence-electron chi connectivity index (χ4n) is 2.15. The lowest BCUT2D eigenvalue weighted by atomic mass is 10.1. The van der Waals surface area contributed by atoms with Crippen LogP contribution in [0.4, 0.5) is 0 Å². The van der Waals surface area contributed by atoms with Crippen LogP contribution >= 0.6 is 11.6 Å². The normalized spacial score (nSPS) is 14.9. The van der Waals surface area contributed by atoms with Crippen molar-refractivity contribution in [3.63, 3.8) is 0 Å². The molecular weight excluding hydrogens is 260 g/mol. The first kappa shape index (κ1) is 14.1. The summed E-state index contributed by atoms with van der Waals surface area (Å²) in [6.45, 7) is 2.71. The third-order valence-electron chi connectivity index (χ3n) is 3.18. The Bertz CT molecular complexity index is 471. The van der Waals surface area contributed by atoms with Crippen molar-refractivity contribution in [3.05, 3.63) is 46.5 Å². The minimum absolute atomic E-state index is 0.0526. The molecule has 2 N–H and O–H groups in total. The summed E-state index contributed by atoms with van der Waals surface area (Å²) in [7, 11) is 0. The standard InChI is InChI=1S/C15H19ClN2O/c16-14-3-1-2-13(10-14)11-15(19)18-9-6-12-4-7-17-8-5-12/h1-4,10,17H,5-9,11H2,(H,18,19). The van der Waals surface area contributed by atoms with Gasteiger partial charge in [-0.05, 0) is 37.1 Å². The highest BCUT2D eigenvalue weighted by molar-refractivity contribution is 6.30. The molecule has 1 aromatic carbocycles. The first-order chi connectivity index (χ1) is 9.24. The zero-order valence-electron chi connectivity index (χ0n) is 10.9. The van der Waals surface area contributed by atoms with Crippen molar-refractivity contribution >= 4 is 17.5 Å². The predicted octanol–water partition coefficient (Wildman–Crippen LogP) is 2.31. The number of hydrogen-bond acceptors (Lipinski definition) is 2. The molecule has 0 atom stereocenters. The second-order valence-electron chi connectivity index (χ2n) is 4.72. The van der Waals surface area contributed by atoms with E-state index in [9.17, 15) is 4.79 Å². The van der Waals surface area contributed by atoms with E-state index in [1.165, 1.54) is 5.57 Å². The molecule has 0 bridgehead atoms. The van der Waals surface area contributed by atoms with Crippen LogP contribution in [0.5, 0.6) is 0 Å². The maximum Gasteiger partial charge on any atom is 0.224 e. The molecule has 4 heteroatoms. The van der Waals surface area contributed by atoms with Crippen molar-refractivity contribution in [3.8, 4) is 0 Å². The van der Waals surface area contributed by atoms with Gasteiger partial charge in [-0.15, -0.1) is 0 Å². The summed E-state index contributed by atoms with van der Waals surface area (Å²) < 4.78 is 0. The summed E-state index contributed by atoms with van der Waals surface area (Å²) in [5.74, 6) is 0.0526. The molecule has 1 heterocycles. The molecule has 0 saturated carbocycles. The van der Waals surface area contributed by atoms with Crippen molar-refractivity contribution in [1.82, 2.24) is 10.6 Å². The van der Waals surface area contributed by atoms with Gasteiger partial charge < -0.3 is 10.6 Å². The molecular formula is C15H19ClN2O. The molecule has 0 unspecified atom stereocenters. The van der Waals surface area contributed by atoms with E-state index in [0.29, 0.717) is 18.0 Å². The summed E-state index contributed by atoms with van der Waals surface area (Å²) in [6, 6.07) is 7.43. The average molecular weight is 279 g/mol.